The Kier molecular flexibility index (Phi) is 3.84. The second kappa shape index (κ2) is 5.47. The lowest BCUT2D eigenvalue weighted by Gasteiger charge is -2.33. The van der Waals surface area contributed by atoms with E-state index < -0.39 is 10.3 Å². The highest BCUT2D eigenvalue weighted by Crippen LogP contribution is 2.40. The third-order valence-electron chi connectivity index (χ3n) is 4.09. The smallest absolute Gasteiger partial charge is 0.257 e. The summed E-state index contributed by atoms with van der Waals surface area (Å²) in [6, 6.07) is 8.30. The molecule has 110 valence electrons. The van der Waals surface area contributed by atoms with Crippen molar-refractivity contribution in [2.24, 2.45) is 0 Å². The molecule has 0 bridgehead atoms. The van der Waals surface area contributed by atoms with Gasteiger partial charge in [0, 0.05) is 12.8 Å². The minimum Gasteiger partial charge on any atom is -0.378 e. The van der Waals surface area contributed by atoms with Gasteiger partial charge in [-0.2, -0.15) is 4.31 Å². The Morgan fingerprint density at radius 1 is 1.20 bits per heavy atom. The molecule has 3 rings (SSSR count). The average molecular weight is 295 g/mol. The molecule has 0 amide bonds. The minimum absolute atomic E-state index is 0.312. The summed E-state index contributed by atoms with van der Waals surface area (Å²) < 4.78 is 23.3. The zero-order chi connectivity index (χ0) is 14.2. The third kappa shape index (κ3) is 2.50. The molecule has 2 aliphatic rings. The van der Waals surface area contributed by atoms with Gasteiger partial charge in [0.2, 0.25) is 0 Å². The van der Waals surface area contributed by atoms with E-state index in [0.717, 1.165) is 31.6 Å². The molecule has 1 heterocycles. The topological polar surface area (TPSA) is 32.8 Å². The highest BCUT2D eigenvalue weighted by atomic mass is 32.3. The van der Waals surface area contributed by atoms with Crippen LogP contribution in [0.1, 0.15) is 18.4 Å². The third-order valence-corrected chi connectivity index (χ3v) is 7.53. The van der Waals surface area contributed by atoms with Crippen LogP contribution >= 0.6 is 0 Å². The van der Waals surface area contributed by atoms with Crippen molar-refractivity contribution in [3.63, 3.8) is 0 Å². The van der Waals surface area contributed by atoms with Crippen molar-refractivity contribution in [1.82, 2.24) is 4.31 Å². The quantitative estimate of drug-likeness (QED) is 0.798. The van der Waals surface area contributed by atoms with Crippen LogP contribution < -0.4 is 4.31 Å². The molecule has 4 nitrogen and oxygen atoms in total. The van der Waals surface area contributed by atoms with Crippen molar-refractivity contribution in [1.29, 1.82) is 0 Å². The lowest BCUT2D eigenvalue weighted by atomic mass is 10.2. The van der Waals surface area contributed by atoms with E-state index in [0.29, 0.717) is 18.5 Å². The van der Waals surface area contributed by atoms with Gasteiger partial charge < -0.3 is 4.74 Å². The molecule has 0 radical (unpaired) electrons. The minimum atomic E-state index is -2.15. The number of aryl methyl sites for hydroxylation is 1. The van der Waals surface area contributed by atoms with Crippen molar-refractivity contribution in [3.05, 3.63) is 29.8 Å². The normalized spacial score (nSPS) is 23.3. The van der Waals surface area contributed by atoms with E-state index in [2.05, 4.69) is 35.5 Å². The molecule has 0 spiro atoms. The van der Waals surface area contributed by atoms with E-state index in [-0.39, 0.29) is 0 Å². The molecule has 1 aliphatic heterocycles. The van der Waals surface area contributed by atoms with Gasteiger partial charge in [0.25, 0.3) is 10.3 Å². The second-order valence-electron chi connectivity index (χ2n) is 5.61. The summed E-state index contributed by atoms with van der Waals surface area (Å²) in [6.07, 6.45) is 2.15. The molecule has 1 atom stereocenters. The number of hydrogen-bond acceptors (Lipinski definition) is 2. The highest BCUT2D eigenvalue weighted by molar-refractivity contribution is 8.02. The molecule has 0 aromatic heterocycles. The van der Waals surface area contributed by atoms with Crippen LogP contribution in [0.4, 0.5) is 5.69 Å². The van der Waals surface area contributed by atoms with Crippen LogP contribution in [0.2, 0.25) is 0 Å². The van der Waals surface area contributed by atoms with E-state index in [4.69, 9.17) is 4.74 Å². The van der Waals surface area contributed by atoms with E-state index >= 15 is 0 Å². The Balaban J connectivity index is 1.89. The molecule has 5 heteroatoms. The monoisotopic (exact) mass is 295 g/mol. The van der Waals surface area contributed by atoms with Crippen molar-refractivity contribution in [3.8, 4) is 0 Å². The molecule has 2 fully saturated rings. The number of morpholine rings is 1. The van der Waals surface area contributed by atoms with Crippen molar-refractivity contribution in [2.75, 3.05) is 37.7 Å². The number of hydrogen-bond donors (Lipinski definition) is 0. The number of ether oxygens (including phenoxy) is 1. The maximum absolute atomic E-state index is 13.7. The van der Waals surface area contributed by atoms with E-state index in [1.54, 1.807) is 0 Å². The molecule has 1 unspecified atom stereocenters. The summed E-state index contributed by atoms with van der Waals surface area (Å²) in [6.45, 7) is 4.98. The second-order valence-corrected chi connectivity index (χ2v) is 8.42. The van der Waals surface area contributed by atoms with E-state index in [9.17, 15) is 4.21 Å². The number of benzene rings is 1. The predicted octanol–water partition coefficient (Wildman–Crippen LogP) is 2.26. The molecule has 1 aromatic rings. The summed E-state index contributed by atoms with van der Waals surface area (Å²) in [5, 5.41) is 0.312. The summed E-state index contributed by atoms with van der Waals surface area (Å²) in [5.74, 6) is 0. The Labute approximate surface area is 122 Å². The van der Waals surface area contributed by atoms with E-state index in [1.807, 2.05) is 11.4 Å². The lowest BCUT2D eigenvalue weighted by molar-refractivity contribution is 0.0734. The van der Waals surface area contributed by atoms with Gasteiger partial charge in [-0.05, 0) is 19.1 Å². The van der Waals surface area contributed by atoms with Gasteiger partial charge in [-0.1, -0.05) is 26.2 Å². The molecule has 20 heavy (non-hydrogen) atoms. The standard InChI is InChI=1S/C15H23N2O2S/c1-13-3-5-14(6-4-13)16(2)20(18,15-7-8-15)17-9-11-19-12-10-17/h3-6,15H,7-12H2,1-2H3/q+1. The number of anilines is 1. The fourth-order valence-electron chi connectivity index (χ4n) is 2.70. The molecule has 1 saturated heterocycles. The predicted molar refractivity (Wildman–Crippen MR) is 83.0 cm³/mol. The molecule has 0 N–H and O–H groups in total. The number of nitrogens with zero attached hydrogens (tertiary/aromatic N) is 2. The van der Waals surface area contributed by atoms with Crippen LogP contribution in [0, 0.1) is 6.92 Å². The highest BCUT2D eigenvalue weighted by Gasteiger charge is 2.56. The zero-order valence-electron chi connectivity index (χ0n) is 12.2. The Morgan fingerprint density at radius 2 is 1.80 bits per heavy atom. The van der Waals surface area contributed by atoms with Crippen LogP contribution in [0.15, 0.2) is 24.3 Å². The summed E-state index contributed by atoms with van der Waals surface area (Å²) >= 11 is 0. The molecular formula is C15H23N2O2S+. The lowest BCUT2D eigenvalue weighted by Crippen LogP contribution is -2.54. The first-order chi connectivity index (χ1) is 9.62. The summed E-state index contributed by atoms with van der Waals surface area (Å²) in [5.41, 5.74) is 2.27. The van der Waals surface area contributed by atoms with Crippen molar-refractivity contribution < 1.29 is 8.95 Å². The first-order valence-electron chi connectivity index (χ1n) is 7.29. The van der Waals surface area contributed by atoms with Crippen molar-refractivity contribution >= 4 is 16.0 Å². The van der Waals surface area contributed by atoms with Crippen LogP contribution in [-0.4, -0.2) is 42.9 Å². The first kappa shape index (κ1) is 14.0. The van der Waals surface area contributed by atoms with Gasteiger partial charge in [-0.25, -0.2) is 0 Å². The van der Waals surface area contributed by atoms with Crippen LogP contribution in [0.3, 0.4) is 0 Å². The van der Waals surface area contributed by atoms with Crippen molar-refractivity contribution in [2.45, 2.75) is 25.0 Å². The molecule has 1 saturated carbocycles. The SMILES string of the molecule is Cc1ccc(N(C)[S+](=O)(C2CC2)N2CCOCC2)cc1. The fourth-order valence-corrected chi connectivity index (χ4v) is 5.76. The first-order valence-corrected chi connectivity index (χ1v) is 8.82. The molecule has 1 aromatic carbocycles. The summed E-state index contributed by atoms with van der Waals surface area (Å²) in [7, 11) is -0.181. The summed E-state index contributed by atoms with van der Waals surface area (Å²) in [4.78, 5) is 0. The largest absolute Gasteiger partial charge is 0.378 e. The van der Waals surface area contributed by atoms with E-state index in [1.165, 1.54) is 5.56 Å². The Hall–Kier alpha value is -0.910. The van der Waals surface area contributed by atoms with Gasteiger partial charge in [-0.15, -0.1) is 0 Å². The maximum Gasteiger partial charge on any atom is 0.257 e. The van der Waals surface area contributed by atoms with Crippen LogP contribution in [0.25, 0.3) is 0 Å². The molecular weight excluding hydrogens is 272 g/mol. The van der Waals surface area contributed by atoms with Gasteiger partial charge >= 0.3 is 0 Å². The Bertz CT molecular complexity index is 507. The average Bonchev–Trinajstić information content (AvgIpc) is 3.32. The van der Waals surface area contributed by atoms with Gasteiger partial charge in [-0.3, -0.25) is 0 Å². The van der Waals surface area contributed by atoms with Gasteiger partial charge in [0.15, 0.2) is 5.25 Å². The van der Waals surface area contributed by atoms with Gasteiger partial charge in [0.05, 0.1) is 39.0 Å². The maximum atomic E-state index is 13.7. The van der Waals surface area contributed by atoms with Crippen LogP contribution in [0.5, 0.6) is 0 Å². The van der Waals surface area contributed by atoms with Crippen LogP contribution in [-0.2, 0) is 19.3 Å². The molecule has 1 aliphatic carbocycles. The van der Waals surface area contributed by atoms with Gasteiger partial charge in [0.1, 0.15) is 0 Å². The fraction of sp³-hybridized carbons (Fsp3) is 0.600. The number of rotatable bonds is 4. The zero-order valence-corrected chi connectivity index (χ0v) is 13.1. The Morgan fingerprint density at radius 3 is 2.35 bits per heavy atom.